The molecular formula is C17H25BrO3. The van der Waals surface area contributed by atoms with Crippen LogP contribution in [0.25, 0.3) is 0 Å². The molecule has 0 fully saturated rings. The third-order valence-corrected chi connectivity index (χ3v) is 3.95. The molecular weight excluding hydrogens is 332 g/mol. The molecule has 1 aromatic carbocycles. The first kappa shape index (κ1) is 18.0. The van der Waals surface area contributed by atoms with Gasteiger partial charge in [0.05, 0.1) is 4.47 Å². The lowest BCUT2D eigenvalue weighted by molar-refractivity contribution is -0.144. The highest BCUT2D eigenvalue weighted by atomic mass is 79.9. The standard InChI is InChI=1S/C17H25BrO3/c1-10(15(19)20)21-14-12(17(5,6)7)8-11(9-13(14)18)16(2,3)4/h8-10H,1-7H3,(H,19,20). The van der Waals surface area contributed by atoms with E-state index in [2.05, 4.69) is 63.5 Å². The summed E-state index contributed by atoms with van der Waals surface area (Å²) in [6.07, 6.45) is -0.886. The molecule has 0 aliphatic heterocycles. The van der Waals surface area contributed by atoms with Gasteiger partial charge in [-0.25, -0.2) is 4.79 Å². The quantitative estimate of drug-likeness (QED) is 0.837. The van der Waals surface area contributed by atoms with Gasteiger partial charge >= 0.3 is 5.97 Å². The van der Waals surface area contributed by atoms with Gasteiger partial charge in [-0.3, -0.25) is 0 Å². The van der Waals surface area contributed by atoms with Crippen molar-refractivity contribution >= 4 is 21.9 Å². The predicted octanol–water partition coefficient (Wildman–Crippen LogP) is 4.90. The van der Waals surface area contributed by atoms with Crippen LogP contribution in [0, 0.1) is 0 Å². The van der Waals surface area contributed by atoms with Gasteiger partial charge in [-0.2, -0.15) is 0 Å². The Kier molecular flexibility index (Phi) is 5.14. The molecule has 0 saturated heterocycles. The molecule has 118 valence electrons. The zero-order valence-corrected chi connectivity index (χ0v) is 15.5. The van der Waals surface area contributed by atoms with Gasteiger partial charge in [0.25, 0.3) is 0 Å². The highest BCUT2D eigenvalue weighted by Gasteiger charge is 2.27. The first-order valence-electron chi connectivity index (χ1n) is 7.08. The normalized spacial score (nSPS) is 13.9. The second-order valence-corrected chi connectivity index (χ2v) is 8.29. The smallest absolute Gasteiger partial charge is 0.344 e. The van der Waals surface area contributed by atoms with Gasteiger partial charge in [0.2, 0.25) is 0 Å². The molecule has 4 heteroatoms. The zero-order chi connectivity index (χ0) is 16.6. The van der Waals surface area contributed by atoms with Crippen molar-refractivity contribution in [3.8, 4) is 5.75 Å². The summed E-state index contributed by atoms with van der Waals surface area (Å²) in [6, 6.07) is 4.13. The van der Waals surface area contributed by atoms with Crippen molar-refractivity contribution in [2.75, 3.05) is 0 Å². The highest BCUT2D eigenvalue weighted by Crippen LogP contribution is 2.41. The van der Waals surface area contributed by atoms with E-state index in [1.807, 2.05) is 6.07 Å². The second kappa shape index (κ2) is 5.99. The van der Waals surface area contributed by atoms with Crippen molar-refractivity contribution in [2.45, 2.75) is 65.4 Å². The molecule has 3 nitrogen and oxygen atoms in total. The number of rotatable bonds is 3. The number of aliphatic carboxylic acids is 1. The maximum Gasteiger partial charge on any atom is 0.344 e. The molecule has 0 saturated carbocycles. The third kappa shape index (κ3) is 4.47. The van der Waals surface area contributed by atoms with E-state index in [9.17, 15) is 4.79 Å². The Hall–Kier alpha value is -1.03. The van der Waals surface area contributed by atoms with Gasteiger partial charge in [0, 0.05) is 5.56 Å². The van der Waals surface area contributed by atoms with E-state index in [1.54, 1.807) is 6.92 Å². The summed E-state index contributed by atoms with van der Waals surface area (Å²) in [6.45, 7) is 14.3. The van der Waals surface area contributed by atoms with Crippen LogP contribution in [0.1, 0.15) is 59.6 Å². The molecule has 0 aliphatic carbocycles. The SMILES string of the molecule is CC(Oc1c(Br)cc(C(C)(C)C)cc1C(C)(C)C)C(=O)O. The average molecular weight is 357 g/mol. The topological polar surface area (TPSA) is 46.5 Å². The molecule has 1 atom stereocenters. The fourth-order valence-corrected chi connectivity index (χ4v) is 2.48. The minimum absolute atomic E-state index is 0.0134. The lowest BCUT2D eigenvalue weighted by atomic mass is 9.80. The fraction of sp³-hybridized carbons (Fsp3) is 0.588. The molecule has 0 aliphatic rings. The summed E-state index contributed by atoms with van der Waals surface area (Å²) in [5, 5.41) is 9.07. The molecule has 0 aromatic heterocycles. The average Bonchev–Trinajstić information content (AvgIpc) is 2.28. The van der Waals surface area contributed by atoms with Crippen LogP contribution in [0.2, 0.25) is 0 Å². The molecule has 1 N–H and O–H groups in total. The number of benzene rings is 1. The van der Waals surface area contributed by atoms with Crippen molar-refractivity contribution in [1.29, 1.82) is 0 Å². The van der Waals surface area contributed by atoms with Crippen LogP contribution in [0.3, 0.4) is 0 Å². The predicted molar refractivity (Wildman–Crippen MR) is 89.3 cm³/mol. The zero-order valence-electron chi connectivity index (χ0n) is 13.9. The van der Waals surface area contributed by atoms with Gasteiger partial charge in [-0.05, 0) is 45.3 Å². The molecule has 1 rings (SSSR count). The van der Waals surface area contributed by atoms with E-state index in [4.69, 9.17) is 9.84 Å². The summed E-state index contributed by atoms with van der Waals surface area (Å²) in [5.74, 6) is -0.355. The molecule has 21 heavy (non-hydrogen) atoms. The minimum atomic E-state index is -0.971. The van der Waals surface area contributed by atoms with Crippen molar-refractivity contribution in [3.63, 3.8) is 0 Å². The molecule has 0 heterocycles. The Morgan fingerprint density at radius 3 is 2.05 bits per heavy atom. The van der Waals surface area contributed by atoms with Crippen molar-refractivity contribution in [3.05, 3.63) is 27.7 Å². The maximum absolute atomic E-state index is 11.1. The van der Waals surface area contributed by atoms with Crippen LogP contribution >= 0.6 is 15.9 Å². The summed E-state index contributed by atoms with van der Waals surface area (Å²) in [5.41, 5.74) is 2.07. The van der Waals surface area contributed by atoms with Crippen molar-refractivity contribution < 1.29 is 14.6 Å². The lowest BCUT2D eigenvalue weighted by Crippen LogP contribution is -2.26. The van der Waals surface area contributed by atoms with E-state index in [-0.39, 0.29) is 10.8 Å². The maximum atomic E-state index is 11.1. The molecule has 1 aromatic rings. The summed E-state index contributed by atoms with van der Waals surface area (Å²) in [7, 11) is 0. The van der Waals surface area contributed by atoms with E-state index in [0.29, 0.717) is 5.75 Å². The number of hydrogen-bond donors (Lipinski definition) is 1. The third-order valence-electron chi connectivity index (χ3n) is 3.36. The van der Waals surface area contributed by atoms with Crippen molar-refractivity contribution in [2.24, 2.45) is 0 Å². The van der Waals surface area contributed by atoms with E-state index in [0.717, 1.165) is 10.0 Å². The Labute approximate surface area is 135 Å². The number of ether oxygens (including phenoxy) is 1. The summed E-state index contributed by atoms with van der Waals surface area (Å²) < 4.78 is 6.48. The number of carboxylic acid groups (broad SMARTS) is 1. The molecule has 0 bridgehead atoms. The van der Waals surface area contributed by atoms with Crippen LogP contribution in [-0.2, 0) is 15.6 Å². The Bertz CT molecular complexity index is 536. The first-order chi connectivity index (χ1) is 9.34. The van der Waals surface area contributed by atoms with Crippen LogP contribution in [0.15, 0.2) is 16.6 Å². The minimum Gasteiger partial charge on any atom is -0.479 e. The Morgan fingerprint density at radius 2 is 1.67 bits per heavy atom. The number of halogens is 1. The second-order valence-electron chi connectivity index (χ2n) is 7.43. The molecule has 0 spiro atoms. The van der Waals surface area contributed by atoms with E-state index >= 15 is 0 Å². The van der Waals surface area contributed by atoms with Crippen LogP contribution < -0.4 is 4.74 Å². The van der Waals surface area contributed by atoms with Gasteiger partial charge in [-0.1, -0.05) is 47.6 Å². The Balaban J connectivity index is 3.46. The summed E-state index contributed by atoms with van der Waals surface area (Å²) >= 11 is 3.54. The molecule has 0 amide bonds. The van der Waals surface area contributed by atoms with Gasteiger partial charge < -0.3 is 9.84 Å². The fourth-order valence-electron chi connectivity index (χ4n) is 1.93. The van der Waals surface area contributed by atoms with Crippen LogP contribution in [0.4, 0.5) is 0 Å². The summed E-state index contributed by atoms with van der Waals surface area (Å²) in [4.78, 5) is 11.1. The van der Waals surface area contributed by atoms with E-state index < -0.39 is 12.1 Å². The first-order valence-corrected chi connectivity index (χ1v) is 7.87. The number of carbonyl (C=O) groups is 1. The van der Waals surface area contributed by atoms with Crippen LogP contribution in [-0.4, -0.2) is 17.2 Å². The molecule has 0 radical (unpaired) electrons. The van der Waals surface area contributed by atoms with Gasteiger partial charge in [0.15, 0.2) is 6.10 Å². The largest absolute Gasteiger partial charge is 0.479 e. The van der Waals surface area contributed by atoms with Gasteiger partial charge in [0.1, 0.15) is 5.75 Å². The molecule has 1 unspecified atom stereocenters. The van der Waals surface area contributed by atoms with Crippen molar-refractivity contribution in [1.82, 2.24) is 0 Å². The van der Waals surface area contributed by atoms with Gasteiger partial charge in [-0.15, -0.1) is 0 Å². The monoisotopic (exact) mass is 356 g/mol. The van der Waals surface area contributed by atoms with E-state index in [1.165, 1.54) is 5.56 Å². The highest BCUT2D eigenvalue weighted by molar-refractivity contribution is 9.10. The number of carboxylic acids is 1. The van der Waals surface area contributed by atoms with Crippen LogP contribution in [0.5, 0.6) is 5.75 Å². The Morgan fingerprint density at radius 1 is 1.14 bits per heavy atom. The number of hydrogen-bond acceptors (Lipinski definition) is 2. The lowest BCUT2D eigenvalue weighted by Gasteiger charge is -2.29.